The molecule has 6 heteroatoms. The molecule has 1 atom stereocenters. The van der Waals surface area contributed by atoms with Crippen LogP contribution in [0.25, 0.3) is 0 Å². The van der Waals surface area contributed by atoms with Gasteiger partial charge in [0.15, 0.2) is 0 Å². The van der Waals surface area contributed by atoms with Crippen LogP contribution in [-0.2, 0) is 9.53 Å². The molecule has 0 spiro atoms. The number of ether oxygens (including phenoxy) is 2. The largest absolute Gasteiger partial charge is 0.497 e. The van der Waals surface area contributed by atoms with E-state index in [1.165, 1.54) is 6.08 Å². The first-order valence-electron chi connectivity index (χ1n) is 6.77. The lowest BCUT2D eigenvalue weighted by molar-refractivity contribution is -0.138. The van der Waals surface area contributed by atoms with Crippen LogP contribution >= 0.6 is 0 Å². The summed E-state index contributed by atoms with van der Waals surface area (Å²) in [7, 11) is 1.56. The number of nitrogens with one attached hydrogen (secondary N) is 2. The first-order chi connectivity index (χ1) is 10.6. The maximum absolute atomic E-state index is 12.3. The highest BCUT2D eigenvalue weighted by molar-refractivity contribution is 5.95. The van der Waals surface area contributed by atoms with E-state index in [1.807, 2.05) is 6.07 Å². The standard InChI is InChI=1S/C16H18N2O4/c1-4-8-22-15(19)13-10(2)17-16(20)18-14(13)11-6-5-7-12(9-11)21-3/h4-7,9,14H,1,8H2,2-3H3,(H2,17,18,20)/t14-/m1/s1. The number of carbonyl (C=O) groups is 2. The number of amides is 2. The van der Waals surface area contributed by atoms with E-state index in [4.69, 9.17) is 9.47 Å². The highest BCUT2D eigenvalue weighted by Crippen LogP contribution is 2.29. The molecule has 1 aromatic rings. The fourth-order valence-electron chi connectivity index (χ4n) is 2.25. The fourth-order valence-corrected chi connectivity index (χ4v) is 2.25. The highest BCUT2D eigenvalue weighted by Gasteiger charge is 2.32. The number of urea groups is 1. The second kappa shape index (κ2) is 6.80. The lowest BCUT2D eigenvalue weighted by Gasteiger charge is -2.28. The molecule has 2 rings (SSSR count). The maximum atomic E-state index is 12.3. The first-order valence-corrected chi connectivity index (χ1v) is 6.77. The second-order valence-electron chi connectivity index (χ2n) is 4.73. The van der Waals surface area contributed by atoms with Crippen LogP contribution in [0.15, 0.2) is 48.2 Å². The minimum atomic E-state index is -0.596. The number of esters is 1. The molecule has 1 aliphatic heterocycles. The molecule has 0 saturated carbocycles. The van der Waals surface area contributed by atoms with Gasteiger partial charge >= 0.3 is 12.0 Å². The number of methoxy groups -OCH3 is 1. The predicted molar refractivity (Wildman–Crippen MR) is 81.3 cm³/mol. The lowest BCUT2D eigenvalue weighted by atomic mass is 9.95. The molecule has 0 fully saturated rings. The van der Waals surface area contributed by atoms with Gasteiger partial charge in [0.05, 0.1) is 18.7 Å². The molecule has 22 heavy (non-hydrogen) atoms. The number of hydrogen-bond donors (Lipinski definition) is 2. The van der Waals surface area contributed by atoms with Crippen molar-refractivity contribution in [3.8, 4) is 5.75 Å². The van der Waals surface area contributed by atoms with Crippen molar-refractivity contribution in [2.24, 2.45) is 0 Å². The minimum absolute atomic E-state index is 0.106. The van der Waals surface area contributed by atoms with E-state index in [9.17, 15) is 9.59 Å². The van der Waals surface area contributed by atoms with Crippen LogP contribution in [0, 0.1) is 0 Å². The van der Waals surface area contributed by atoms with Gasteiger partial charge in [-0.05, 0) is 24.6 Å². The van der Waals surface area contributed by atoms with Crippen LogP contribution in [0.2, 0.25) is 0 Å². The minimum Gasteiger partial charge on any atom is -0.497 e. The molecule has 2 N–H and O–H groups in total. The molecular formula is C16H18N2O4. The third-order valence-electron chi connectivity index (χ3n) is 3.25. The van der Waals surface area contributed by atoms with E-state index in [0.717, 1.165) is 5.56 Å². The second-order valence-corrected chi connectivity index (χ2v) is 4.73. The number of benzene rings is 1. The van der Waals surface area contributed by atoms with Crippen LogP contribution in [0.4, 0.5) is 4.79 Å². The van der Waals surface area contributed by atoms with Crippen molar-refractivity contribution in [3.63, 3.8) is 0 Å². The van der Waals surface area contributed by atoms with E-state index >= 15 is 0 Å². The Morgan fingerprint density at radius 3 is 2.91 bits per heavy atom. The number of carbonyl (C=O) groups excluding carboxylic acids is 2. The van der Waals surface area contributed by atoms with Crippen molar-refractivity contribution in [1.82, 2.24) is 10.6 Å². The quantitative estimate of drug-likeness (QED) is 0.644. The molecule has 2 amide bonds. The molecule has 116 valence electrons. The van der Waals surface area contributed by atoms with Crippen LogP contribution in [0.1, 0.15) is 18.5 Å². The van der Waals surface area contributed by atoms with Gasteiger partial charge in [-0.25, -0.2) is 9.59 Å². The summed E-state index contributed by atoms with van der Waals surface area (Å²) in [6.45, 7) is 5.28. The van der Waals surface area contributed by atoms with Gasteiger partial charge < -0.3 is 20.1 Å². The Morgan fingerprint density at radius 2 is 2.23 bits per heavy atom. The van der Waals surface area contributed by atoms with E-state index < -0.39 is 12.0 Å². The first kappa shape index (κ1) is 15.6. The summed E-state index contributed by atoms with van der Waals surface area (Å²) in [4.78, 5) is 24.0. The van der Waals surface area contributed by atoms with Crippen LogP contribution in [0.5, 0.6) is 5.75 Å². The van der Waals surface area contributed by atoms with Gasteiger partial charge in [0.2, 0.25) is 0 Å². The number of hydrogen-bond acceptors (Lipinski definition) is 4. The van der Waals surface area contributed by atoms with Crippen molar-refractivity contribution >= 4 is 12.0 Å². The zero-order chi connectivity index (χ0) is 16.1. The van der Waals surface area contributed by atoms with E-state index in [2.05, 4.69) is 17.2 Å². The molecule has 0 aliphatic carbocycles. The topological polar surface area (TPSA) is 76.7 Å². The highest BCUT2D eigenvalue weighted by atomic mass is 16.5. The summed E-state index contributed by atoms with van der Waals surface area (Å²) in [6, 6.07) is 6.20. The molecule has 0 radical (unpaired) electrons. The maximum Gasteiger partial charge on any atom is 0.338 e. The van der Waals surface area contributed by atoms with E-state index in [0.29, 0.717) is 17.0 Å². The SMILES string of the molecule is C=CCOC(=O)C1=C(C)NC(=O)N[C@@H]1c1cccc(OC)c1. The third kappa shape index (κ3) is 3.28. The van der Waals surface area contributed by atoms with Crippen LogP contribution < -0.4 is 15.4 Å². The summed E-state index contributed by atoms with van der Waals surface area (Å²) in [5.41, 5.74) is 1.56. The Kier molecular flexibility index (Phi) is 4.83. The molecule has 1 heterocycles. The van der Waals surface area contributed by atoms with Crippen molar-refractivity contribution in [1.29, 1.82) is 0 Å². The average Bonchev–Trinajstić information content (AvgIpc) is 2.51. The van der Waals surface area contributed by atoms with Gasteiger partial charge in [-0.3, -0.25) is 0 Å². The third-order valence-corrected chi connectivity index (χ3v) is 3.25. The monoisotopic (exact) mass is 302 g/mol. The van der Waals surface area contributed by atoms with E-state index in [1.54, 1.807) is 32.2 Å². The number of allylic oxidation sites excluding steroid dienone is 1. The van der Waals surface area contributed by atoms with Crippen molar-refractivity contribution < 1.29 is 19.1 Å². The van der Waals surface area contributed by atoms with Gasteiger partial charge in [-0.2, -0.15) is 0 Å². The molecule has 0 bridgehead atoms. The molecule has 0 saturated heterocycles. The Balaban J connectivity index is 2.40. The van der Waals surface area contributed by atoms with Gasteiger partial charge in [0.1, 0.15) is 12.4 Å². The van der Waals surface area contributed by atoms with Crippen LogP contribution in [-0.4, -0.2) is 25.7 Å². The molecule has 6 nitrogen and oxygen atoms in total. The normalized spacial score (nSPS) is 17.4. The summed E-state index contributed by atoms with van der Waals surface area (Å²) < 4.78 is 10.3. The summed E-state index contributed by atoms with van der Waals surface area (Å²) in [6.07, 6.45) is 1.49. The van der Waals surface area contributed by atoms with E-state index in [-0.39, 0.29) is 12.6 Å². The predicted octanol–water partition coefficient (Wildman–Crippen LogP) is 2.05. The molecule has 1 aliphatic rings. The zero-order valence-corrected chi connectivity index (χ0v) is 12.5. The van der Waals surface area contributed by atoms with Crippen LogP contribution in [0.3, 0.4) is 0 Å². The Labute approximate surface area is 128 Å². The van der Waals surface area contributed by atoms with Crippen molar-refractivity contribution in [3.05, 3.63) is 53.8 Å². The van der Waals surface area contributed by atoms with Crippen molar-refractivity contribution in [2.75, 3.05) is 13.7 Å². The fraction of sp³-hybridized carbons (Fsp3) is 0.250. The molecule has 1 aromatic carbocycles. The Bertz CT molecular complexity index is 637. The Morgan fingerprint density at radius 1 is 1.45 bits per heavy atom. The van der Waals surface area contributed by atoms with Gasteiger partial charge in [-0.1, -0.05) is 24.8 Å². The summed E-state index contributed by atoms with van der Waals surface area (Å²) >= 11 is 0. The summed E-state index contributed by atoms with van der Waals surface area (Å²) in [5, 5.41) is 5.32. The smallest absolute Gasteiger partial charge is 0.338 e. The Hall–Kier alpha value is -2.76. The number of rotatable bonds is 5. The van der Waals surface area contributed by atoms with Crippen molar-refractivity contribution in [2.45, 2.75) is 13.0 Å². The zero-order valence-electron chi connectivity index (χ0n) is 12.5. The molecule has 0 unspecified atom stereocenters. The van der Waals surface area contributed by atoms with Gasteiger partial charge in [-0.15, -0.1) is 0 Å². The molecule has 0 aromatic heterocycles. The van der Waals surface area contributed by atoms with Gasteiger partial charge in [0.25, 0.3) is 0 Å². The summed E-state index contributed by atoms with van der Waals surface area (Å²) in [5.74, 6) is 0.138. The molecular weight excluding hydrogens is 284 g/mol. The van der Waals surface area contributed by atoms with Gasteiger partial charge in [0, 0.05) is 5.70 Å². The average molecular weight is 302 g/mol. The lowest BCUT2D eigenvalue weighted by Crippen LogP contribution is -2.45.